The molecule has 0 bridgehead atoms. The Balaban J connectivity index is 1.40. The van der Waals surface area contributed by atoms with E-state index in [9.17, 15) is 18.8 Å². The zero-order valence-electron chi connectivity index (χ0n) is 15.0. The maximum absolute atomic E-state index is 12.8. The minimum atomic E-state index is -0.469. The van der Waals surface area contributed by atoms with Gasteiger partial charge in [0, 0.05) is 6.42 Å². The zero-order valence-corrected chi connectivity index (χ0v) is 15.0. The number of nitrogens with zero attached hydrogens (tertiary/aromatic N) is 1. The van der Waals surface area contributed by atoms with Crippen LogP contribution in [0.1, 0.15) is 22.3 Å². The van der Waals surface area contributed by atoms with Crippen molar-refractivity contribution in [3.8, 4) is 5.75 Å². The van der Waals surface area contributed by atoms with Crippen LogP contribution in [0.2, 0.25) is 0 Å². The molecule has 3 rings (SSSR count). The van der Waals surface area contributed by atoms with Gasteiger partial charge in [-0.2, -0.15) is 0 Å². The van der Waals surface area contributed by atoms with Crippen molar-refractivity contribution in [1.82, 2.24) is 10.2 Å². The number of ether oxygens (including phenoxy) is 2. The summed E-state index contributed by atoms with van der Waals surface area (Å²) >= 11 is 0. The Bertz CT molecular complexity index is 836. The highest BCUT2D eigenvalue weighted by Crippen LogP contribution is 2.12. The van der Waals surface area contributed by atoms with Crippen LogP contribution in [0, 0.1) is 5.82 Å². The molecule has 1 aliphatic rings. The van der Waals surface area contributed by atoms with Crippen molar-refractivity contribution in [2.45, 2.75) is 13.0 Å². The maximum atomic E-state index is 12.8. The number of halogens is 1. The quantitative estimate of drug-likeness (QED) is 0.428. The highest BCUT2D eigenvalue weighted by atomic mass is 19.1. The number of hydrogen-bond donors (Lipinski definition) is 1. The molecular formula is C20H19FN2O5. The van der Waals surface area contributed by atoms with E-state index in [1.54, 1.807) is 24.3 Å². The number of carbonyl (C=O) groups excluding carboxylic acids is 3. The second kappa shape index (κ2) is 8.98. The molecule has 3 amide bonds. The maximum Gasteiger partial charge on any atom is 0.338 e. The molecule has 1 aliphatic heterocycles. The van der Waals surface area contributed by atoms with Crippen molar-refractivity contribution >= 4 is 17.9 Å². The predicted molar refractivity (Wildman–Crippen MR) is 97.2 cm³/mol. The van der Waals surface area contributed by atoms with E-state index in [0.29, 0.717) is 24.3 Å². The Morgan fingerprint density at radius 1 is 1.04 bits per heavy atom. The van der Waals surface area contributed by atoms with E-state index >= 15 is 0 Å². The fourth-order valence-corrected chi connectivity index (χ4v) is 2.57. The van der Waals surface area contributed by atoms with E-state index in [4.69, 9.17) is 9.47 Å². The van der Waals surface area contributed by atoms with Gasteiger partial charge in [-0.05, 0) is 42.0 Å². The molecule has 2 aromatic rings. The van der Waals surface area contributed by atoms with Crippen molar-refractivity contribution in [1.29, 1.82) is 0 Å². The fourth-order valence-electron chi connectivity index (χ4n) is 2.57. The van der Waals surface area contributed by atoms with Crippen LogP contribution in [-0.2, 0) is 16.1 Å². The van der Waals surface area contributed by atoms with Gasteiger partial charge in [-0.15, -0.1) is 0 Å². The predicted octanol–water partition coefficient (Wildman–Crippen LogP) is 2.50. The SMILES string of the molecule is O=C(OCCCOc1ccc(F)cc1)c1ccc(CN2C(=O)CNC2=O)cc1. The minimum Gasteiger partial charge on any atom is -0.493 e. The van der Waals surface area contributed by atoms with E-state index in [1.807, 2.05) is 0 Å². The lowest BCUT2D eigenvalue weighted by molar-refractivity contribution is -0.125. The van der Waals surface area contributed by atoms with Crippen molar-refractivity contribution < 1.29 is 28.2 Å². The van der Waals surface area contributed by atoms with Crippen LogP contribution in [0.25, 0.3) is 0 Å². The van der Waals surface area contributed by atoms with Crippen molar-refractivity contribution in [3.05, 3.63) is 65.5 Å². The molecular weight excluding hydrogens is 367 g/mol. The normalized spacial score (nSPS) is 13.4. The Labute approximate surface area is 161 Å². The van der Waals surface area contributed by atoms with Crippen LogP contribution < -0.4 is 10.1 Å². The molecule has 1 saturated heterocycles. The number of carbonyl (C=O) groups is 3. The Morgan fingerprint density at radius 2 is 1.75 bits per heavy atom. The standard InChI is InChI=1S/C20H19FN2O5/c21-16-6-8-17(9-7-16)27-10-1-11-28-19(25)15-4-2-14(3-5-15)13-23-18(24)12-22-20(23)26/h2-9H,1,10-13H2,(H,22,26). The van der Waals surface area contributed by atoms with Gasteiger partial charge in [-0.25, -0.2) is 14.0 Å². The molecule has 7 nitrogen and oxygen atoms in total. The summed E-state index contributed by atoms with van der Waals surface area (Å²) in [4.78, 5) is 36.3. The summed E-state index contributed by atoms with van der Waals surface area (Å²) in [5.74, 6) is -0.532. The Kier molecular flexibility index (Phi) is 6.21. The number of hydrogen-bond acceptors (Lipinski definition) is 5. The van der Waals surface area contributed by atoms with Crippen LogP contribution >= 0.6 is 0 Å². The van der Waals surface area contributed by atoms with Gasteiger partial charge in [0.05, 0.1) is 31.9 Å². The molecule has 8 heteroatoms. The van der Waals surface area contributed by atoms with Crippen LogP contribution in [0.5, 0.6) is 5.75 Å². The molecule has 0 aromatic heterocycles. The van der Waals surface area contributed by atoms with Crippen molar-refractivity contribution in [3.63, 3.8) is 0 Å². The first-order valence-corrected chi connectivity index (χ1v) is 8.75. The number of imide groups is 1. The molecule has 1 heterocycles. The first-order valence-electron chi connectivity index (χ1n) is 8.75. The lowest BCUT2D eigenvalue weighted by Crippen LogP contribution is -2.30. The van der Waals surface area contributed by atoms with Gasteiger partial charge in [0.1, 0.15) is 11.6 Å². The number of amides is 3. The third kappa shape index (κ3) is 5.06. The molecule has 0 spiro atoms. The van der Waals surface area contributed by atoms with Crippen LogP contribution in [-0.4, -0.2) is 42.6 Å². The van der Waals surface area contributed by atoms with Crippen LogP contribution in [0.4, 0.5) is 9.18 Å². The molecule has 0 radical (unpaired) electrons. The summed E-state index contributed by atoms with van der Waals surface area (Å²) < 4.78 is 23.4. The van der Waals surface area contributed by atoms with E-state index in [1.165, 1.54) is 24.3 Å². The number of nitrogens with one attached hydrogen (secondary N) is 1. The van der Waals surface area contributed by atoms with E-state index in [2.05, 4.69) is 5.32 Å². The van der Waals surface area contributed by atoms with Crippen molar-refractivity contribution in [2.75, 3.05) is 19.8 Å². The molecule has 0 aliphatic carbocycles. The molecule has 0 saturated carbocycles. The minimum absolute atomic E-state index is 0.00805. The molecule has 0 unspecified atom stereocenters. The lowest BCUT2D eigenvalue weighted by atomic mass is 10.1. The molecule has 2 aromatic carbocycles. The summed E-state index contributed by atoms with van der Waals surface area (Å²) in [7, 11) is 0. The number of urea groups is 1. The molecule has 1 fully saturated rings. The topological polar surface area (TPSA) is 84.9 Å². The summed E-state index contributed by atoms with van der Waals surface area (Å²) in [5.41, 5.74) is 1.11. The van der Waals surface area contributed by atoms with Gasteiger partial charge in [-0.1, -0.05) is 12.1 Å². The first-order chi connectivity index (χ1) is 13.5. The van der Waals surface area contributed by atoms with E-state index < -0.39 is 12.0 Å². The molecule has 28 heavy (non-hydrogen) atoms. The Hall–Kier alpha value is -3.42. The number of benzene rings is 2. The highest BCUT2D eigenvalue weighted by molar-refractivity contribution is 6.01. The second-order valence-electron chi connectivity index (χ2n) is 6.13. The average Bonchev–Trinajstić information content (AvgIpc) is 3.01. The van der Waals surface area contributed by atoms with Gasteiger partial charge in [0.25, 0.3) is 0 Å². The van der Waals surface area contributed by atoms with Gasteiger partial charge >= 0.3 is 12.0 Å². The second-order valence-corrected chi connectivity index (χ2v) is 6.13. The van der Waals surface area contributed by atoms with Crippen LogP contribution in [0.3, 0.4) is 0 Å². The number of esters is 1. The fraction of sp³-hybridized carbons (Fsp3) is 0.250. The monoisotopic (exact) mass is 386 g/mol. The van der Waals surface area contributed by atoms with Gasteiger partial charge in [-0.3, -0.25) is 9.69 Å². The summed E-state index contributed by atoms with van der Waals surface area (Å²) in [5, 5.41) is 2.45. The largest absolute Gasteiger partial charge is 0.493 e. The number of rotatable bonds is 8. The highest BCUT2D eigenvalue weighted by Gasteiger charge is 2.28. The third-order valence-electron chi connectivity index (χ3n) is 4.07. The Morgan fingerprint density at radius 3 is 2.39 bits per heavy atom. The third-order valence-corrected chi connectivity index (χ3v) is 4.07. The molecule has 0 atom stereocenters. The summed E-state index contributed by atoms with van der Waals surface area (Å²) in [6.45, 7) is 0.683. The van der Waals surface area contributed by atoms with Crippen LogP contribution in [0.15, 0.2) is 48.5 Å². The first kappa shape index (κ1) is 19.3. The van der Waals surface area contributed by atoms with E-state index in [-0.39, 0.29) is 31.4 Å². The van der Waals surface area contributed by atoms with Gasteiger partial charge in [0.2, 0.25) is 5.91 Å². The smallest absolute Gasteiger partial charge is 0.338 e. The van der Waals surface area contributed by atoms with Gasteiger partial charge in [0.15, 0.2) is 0 Å². The molecule has 146 valence electrons. The summed E-state index contributed by atoms with van der Waals surface area (Å²) in [6, 6.07) is 11.8. The lowest BCUT2D eigenvalue weighted by Gasteiger charge is -2.12. The summed E-state index contributed by atoms with van der Waals surface area (Å²) in [6.07, 6.45) is 0.493. The molecule has 1 N–H and O–H groups in total. The van der Waals surface area contributed by atoms with Gasteiger partial charge < -0.3 is 14.8 Å². The zero-order chi connectivity index (χ0) is 19.9. The average molecular weight is 386 g/mol. The van der Waals surface area contributed by atoms with E-state index in [0.717, 1.165) is 10.5 Å². The van der Waals surface area contributed by atoms with Crippen molar-refractivity contribution in [2.24, 2.45) is 0 Å².